The van der Waals surface area contributed by atoms with Crippen molar-refractivity contribution in [1.29, 1.82) is 0 Å². The Morgan fingerprint density at radius 2 is 1.75 bits per heavy atom. The Bertz CT molecular complexity index is 717. The van der Waals surface area contributed by atoms with E-state index in [0.717, 1.165) is 0 Å². The van der Waals surface area contributed by atoms with Crippen molar-refractivity contribution in [2.24, 2.45) is 0 Å². The monoisotopic (exact) mass is 354 g/mol. The molecule has 9 heteroatoms. The van der Waals surface area contributed by atoms with E-state index in [1.54, 1.807) is 19.1 Å². The molecule has 0 radical (unpaired) electrons. The van der Waals surface area contributed by atoms with E-state index in [2.05, 4.69) is 5.32 Å². The highest BCUT2D eigenvalue weighted by Gasteiger charge is 2.51. The first-order valence-corrected chi connectivity index (χ1v) is 9.23. The van der Waals surface area contributed by atoms with Crippen molar-refractivity contribution in [3.8, 4) is 0 Å². The maximum atomic E-state index is 12.3. The van der Waals surface area contributed by atoms with Crippen LogP contribution >= 0.6 is 0 Å². The summed E-state index contributed by atoms with van der Waals surface area (Å²) in [5.41, 5.74) is -0.468. The van der Waals surface area contributed by atoms with Crippen LogP contribution in [0.2, 0.25) is 0 Å². The van der Waals surface area contributed by atoms with E-state index in [1.807, 2.05) is 32.4 Å². The summed E-state index contributed by atoms with van der Waals surface area (Å²) in [6.45, 7) is 9.71. The predicted octanol–water partition coefficient (Wildman–Crippen LogP) is 0.994. The van der Waals surface area contributed by atoms with Crippen molar-refractivity contribution < 1.29 is 22.5 Å². The van der Waals surface area contributed by atoms with E-state index < -0.39 is 34.4 Å². The summed E-state index contributed by atoms with van der Waals surface area (Å²) >= 11 is 0. The lowest BCUT2D eigenvalue weighted by Gasteiger charge is -2.32. The van der Waals surface area contributed by atoms with Crippen LogP contribution in [0, 0.1) is 0 Å². The minimum Gasteiger partial charge on any atom is -0.399 e. The molecule has 1 fully saturated rings. The van der Waals surface area contributed by atoms with Gasteiger partial charge in [-0.1, -0.05) is 12.1 Å². The Hall–Kier alpha value is -1.58. The number of nitrogens with one attached hydrogen (secondary N) is 2. The zero-order valence-electron chi connectivity index (χ0n) is 14.5. The number of rotatable bonds is 4. The highest BCUT2D eigenvalue weighted by molar-refractivity contribution is 7.90. The molecule has 0 bridgehead atoms. The number of carbonyl (C=O) groups is 1. The van der Waals surface area contributed by atoms with Gasteiger partial charge in [-0.25, -0.2) is 17.9 Å². The Morgan fingerprint density at radius 3 is 2.29 bits per heavy atom. The molecule has 1 saturated heterocycles. The standard InChI is InChI=1S/C15H23BN2O5S/c1-6-17-13(19)18-24(20,21)12-9-7-8-11(10-12)16-22-14(2,3)15(4,5)23-16/h7-10H,6H2,1-5H3,(H2,17,18,19). The molecular weight excluding hydrogens is 331 g/mol. The third-order valence-corrected chi connectivity index (χ3v) is 5.59. The van der Waals surface area contributed by atoms with Crippen molar-refractivity contribution in [3.05, 3.63) is 24.3 Å². The fourth-order valence-corrected chi connectivity index (χ4v) is 3.17. The molecule has 0 atom stereocenters. The number of amides is 2. The molecule has 1 aromatic carbocycles. The lowest BCUT2D eigenvalue weighted by Crippen LogP contribution is -2.41. The second kappa shape index (κ2) is 6.38. The van der Waals surface area contributed by atoms with Crippen LogP contribution in [-0.2, 0) is 19.3 Å². The maximum Gasteiger partial charge on any atom is 0.494 e. The van der Waals surface area contributed by atoms with Gasteiger partial charge in [-0.05, 0) is 52.2 Å². The van der Waals surface area contributed by atoms with Gasteiger partial charge in [-0.2, -0.15) is 0 Å². The first-order chi connectivity index (χ1) is 11.0. The summed E-state index contributed by atoms with van der Waals surface area (Å²) in [6, 6.07) is 5.42. The first kappa shape index (κ1) is 18.8. The van der Waals surface area contributed by atoms with E-state index >= 15 is 0 Å². The maximum absolute atomic E-state index is 12.3. The summed E-state index contributed by atoms with van der Waals surface area (Å²) in [4.78, 5) is 11.5. The highest BCUT2D eigenvalue weighted by Crippen LogP contribution is 2.36. The van der Waals surface area contributed by atoms with E-state index in [-0.39, 0.29) is 4.90 Å². The van der Waals surface area contributed by atoms with Gasteiger partial charge in [0.05, 0.1) is 16.1 Å². The van der Waals surface area contributed by atoms with Gasteiger partial charge >= 0.3 is 13.1 Å². The van der Waals surface area contributed by atoms with Gasteiger partial charge in [-0.15, -0.1) is 0 Å². The molecule has 0 aromatic heterocycles. The van der Waals surface area contributed by atoms with Crippen LogP contribution in [0.4, 0.5) is 4.79 Å². The van der Waals surface area contributed by atoms with Crippen LogP contribution in [0.15, 0.2) is 29.2 Å². The van der Waals surface area contributed by atoms with Gasteiger partial charge in [0.15, 0.2) is 0 Å². The molecule has 1 aliphatic rings. The largest absolute Gasteiger partial charge is 0.494 e. The first-order valence-electron chi connectivity index (χ1n) is 7.75. The van der Waals surface area contributed by atoms with Crippen molar-refractivity contribution in [3.63, 3.8) is 0 Å². The SMILES string of the molecule is CCNC(=O)NS(=O)(=O)c1cccc(B2OC(C)(C)C(C)(C)O2)c1. The lowest BCUT2D eigenvalue weighted by atomic mass is 9.79. The highest BCUT2D eigenvalue weighted by atomic mass is 32.2. The molecule has 0 spiro atoms. The molecule has 2 N–H and O–H groups in total. The van der Waals surface area contributed by atoms with E-state index in [1.165, 1.54) is 12.1 Å². The fourth-order valence-electron chi connectivity index (χ4n) is 2.19. The molecule has 1 heterocycles. The summed E-state index contributed by atoms with van der Waals surface area (Å²) in [7, 11) is -4.64. The van der Waals surface area contributed by atoms with Crippen LogP contribution in [0.5, 0.6) is 0 Å². The van der Waals surface area contributed by atoms with Crippen molar-refractivity contribution >= 4 is 28.6 Å². The molecule has 0 unspecified atom stereocenters. The second-order valence-corrected chi connectivity index (χ2v) is 8.31. The molecule has 0 aliphatic carbocycles. The van der Waals surface area contributed by atoms with Crippen LogP contribution < -0.4 is 15.5 Å². The minimum atomic E-state index is -3.96. The topological polar surface area (TPSA) is 93.7 Å². The van der Waals surface area contributed by atoms with Gasteiger partial charge in [0.1, 0.15) is 0 Å². The van der Waals surface area contributed by atoms with Crippen LogP contribution in [0.25, 0.3) is 0 Å². The van der Waals surface area contributed by atoms with E-state index in [0.29, 0.717) is 12.0 Å². The van der Waals surface area contributed by atoms with Gasteiger partial charge in [0, 0.05) is 6.54 Å². The number of hydrogen-bond donors (Lipinski definition) is 2. The molecule has 7 nitrogen and oxygen atoms in total. The molecule has 2 amide bonds. The molecular formula is C15H23BN2O5S. The second-order valence-electron chi connectivity index (χ2n) is 6.63. The summed E-state index contributed by atoms with van der Waals surface area (Å²) < 4.78 is 38.4. The lowest BCUT2D eigenvalue weighted by molar-refractivity contribution is 0.00578. The molecule has 1 aromatic rings. The third-order valence-electron chi connectivity index (χ3n) is 4.26. The quantitative estimate of drug-likeness (QED) is 0.787. The predicted molar refractivity (Wildman–Crippen MR) is 91.6 cm³/mol. The normalized spacial score (nSPS) is 19.1. The average molecular weight is 354 g/mol. The summed E-state index contributed by atoms with van der Waals surface area (Å²) in [5, 5.41) is 2.38. The smallest absolute Gasteiger partial charge is 0.399 e. The van der Waals surface area contributed by atoms with Crippen molar-refractivity contribution in [1.82, 2.24) is 10.0 Å². The zero-order chi connectivity index (χ0) is 18.2. The van der Waals surface area contributed by atoms with Gasteiger partial charge < -0.3 is 14.6 Å². The Balaban J connectivity index is 2.26. The van der Waals surface area contributed by atoms with Gasteiger partial charge in [0.2, 0.25) is 0 Å². The summed E-state index contributed by atoms with van der Waals surface area (Å²) in [6.07, 6.45) is 0. The number of sulfonamides is 1. The third kappa shape index (κ3) is 3.74. The van der Waals surface area contributed by atoms with Crippen LogP contribution in [0.3, 0.4) is 0 Å². The number of hydrogen-bond acceptors (Lipinski definition) is 5. The van der Waals surface area contributed by atoms with Crippen molar-refractivity contribution in [2.75, 3.05) is 6.54 Å². The van der Waals surface area contributed by atoms with Crippen LogP contribution in [0.1, 0.15) is 34.6 Å². The average Bonchev–Trinajstić information content (AvgIpc) is 2.67. The fraction of sp³-hybridized carbons (Fsp3) is 0.533. The molecule has 1 aliphatic heterocycles. The van der Waals surface area contributed by atoms with Crippen LogP contribution in [-0.4, -0.2) is 39.3 Å². The Labute approximate surface area is 143 Å². The molecule has 132 valence electrons. The van der Waals surface area contributed by atoms with Gasteiger partial charge in [-0.3, -0.25) is 0 Å². The molecule has 2 rings (SSSR count). The minimum absolute atomic E-state index is 0.0269. The summed E-state index contributed by atoms with van der Waals surface area (Å²) in [5.74, 6) is 0. The Morgan fingerprint density at radius 1 is 1.17 bits per heavy atom. The molecule has 0 saturated carbocycles. The zero-order valence-corrected chi connectivity index (χ0v) is 15.4. The molecule has 24 heavy (non-hydrogen) atoms. The number of carbonyl (C=O) groups excluding carboxylic acids is 1. The van der Waals surface area contributed by atoms with E-state index in [4.69, 9.17) is 9.31 Å². The van der Waals surface area contributed by atoms with Crippen molar-refractivity contribution in [2.45, 2.75) is 50.7 Å². The van der Waals surface area contributed by atoms with E-state index in [9.17, 15) is 13.2 Å². The van der Waals surface area contributed by atoms with Gasteiger partial charge in [0.25, 0.3) is 10.0 Å². The Kier molecular flexibility index (Phi) is 4.99. The number of urea groups is 1. The number of benzene rings is 1.